The molecule has 0 aliphatic rings. The quantitative estimate of drug-likeness (QED) is 0.745. The second kappa shape index (κ2) is 5.72. The zero-order valence-corrected chi connectivity index (χ0v) is 14.0. The van der Waals surface area contributed by atoms with Crippen LogP contribution in [-0.4, -0.2) is 37.5 Å². The van der Waals surface area contributed by atoms with Crippen LogP contribution in [0.1, 0.15) is 34.2 Å². The summed E-state index contributed by atoms with van der Waals surface area (Å²) in [5, 5.41) is 21.8. The van der Waals surface area contributed by atoms with Crippen LogP contribution in [0.3, 0.4) is 0 Å². The van der Waals surface area contributed by atoms with Gasteiger partial charge in [0.2, 0.25) is 0 Å². The monoisotopic (exact) mass is 329 g/mol. The van der Waals surface area contributed by atoms with Crippen molar-refractivity contribution in [3.8, 4) is 0 Å². The number of nitrogens with one attached hydrogen (secondary N) is 1. The Bertz CT molecular complexity index is 910. The van der Waals surface area contributed by atoms with Crippen LogP contribution in [0.15, 0.2) is 23.0 Å². The maximum absolute atomic E-state index is 12.6. The van der Waals surface area contributed by atoms with E-state index in [2.05, 4.69) is 20.6 Å². The van der Waals surface area contributed by atoms with Gasteiger partial charge in [-0.05, 0) is 26.8 Å². The summed E-state index contributed by atoms with van der Waals surface area (Å²) in [5.74, 6) is -0.319. The number of pyridine rings is 1. The molecule has 3 heterocycles. The minimum Gasteiger partial charge on any atom is -0.383 e. The van der Waals surface area contributed by atoms with Crippen LogP contribution in [0.2, 0.25) is 0 Å². The van der Waals surface area contributed by atoms with Crippen molar-refractivity contribution in [1.29, 1.82) is 0 Å². The van der Waals surface area contributed by atoms with Gasteiger partial charge in [-0.15, -0.1) is 0 Å². The van der Waals surface area contributed by atoms with Crippen LogP contribution < -0.4 is 5.32 Å². The third-order valence-electron chi connectivity index (χ3n) is 3.91. The molecule has 0 fully saturated rings. The summed E-state index contributed by atoms with van der Waals surface area (Å²) < 4.78 is 6.74. The molecule has 126 valence electrons. The number of amides is 1. The predicted octanol–water partition coefficient (Wildman–Crippen LogP) is 1.21. The first-order valence-corrected chi connectivity index (χ1v) is 7.51. The molecular formula is C16H19N5O3. The first-order valence-electron chi connectivity index (χ1n) is 7.51. The largest absolute Gasteiger partial charge is 0.383 e. The number of aromatic nitrogens is 4. The van der Waals surface area contributed by atoms with Gasteiger partial charge in [0.25, 0.3) is 11.6 Å². The van der Waals surface area contributed by atoms with Gasteiger partial charge in [0.15, 0.2) is 0 Å². The van der Waals surface area contributed by atoms with Gasteiger partial charge in [0.05, 0.1) is 29.4 Å². The van der Waals surface area contributed by atoms with E-state index in [0.717, 1.165) is 0 Å². The van der Waals surface area contributed by atoms with Gasteiger partial charge < -0.3 is 14.9 Å². The van der Waals surface area contributed by atoms with Crippen LogP contribution in [0.5, 0.6) is 0 Å². The van der Waals surface area contributed by atoms with Gasteiger partial charge in [-0.2, -0.15) is 5.10 Å². The van der Waals surface area contributed by atoms with Crippen molar-refractivity contribution in [3.05, 3.63) is 41.0 Å². The normalized spacial score (nSPS) is 13.9. The fourth-order valence-corrected chi connectivity index (χ4v) is 2.55. The summed E-state index contributed by atoms with van der Waals surface area (Å²) in [4.78, 5) is 16.8. The highest BCUT2D eigenvalue weighted by Gasteiger charge is 2.26. The number of aliphatic hydroxyl groups is 1. The number of carbonyl (C=O) groups excluding carboxylic acids is 1. The Labute approximate surface area is 138 Å². The Balaban J connectivity index is 1.84. The Morgan fingerprint density at radius 3 is 2.88 bits per heavy atom. The van der Waals surface area contributed by atoms with Crippen molar-refractivity contribution in [2.45, 2.75) is 26.4 Å². The minimum atomic E-state index is -1.23. The molecule has 8 nitrogen and oxygen atoms in total. The lowest BCUT2D eigenvalue weighted by molar-refractivity contribution is 0.0526. The third-order valence-corrected chi connectivity index (χ3v) is 3.91. The number of hydrogen-bond acceptors (Lipinski definition) is 6. The highest BCUT2D eigenvalue weighted by molar-refractivity contribution is 6.06. The van der Waals surface area contributed by atoms with Gasteiger partial charge in [-0.25, -0.2) is 4.98 Å². The average Bonchev–Trinajstić information content (AvgIpc) is 3.11. The fourth-order valence-electron chi connectivity index (χ4n) is 2.55. The van der Waals surface area contributed by atoms with Crippen molar-refractivity contribution in [1.82, 2.24) is 25.2 Å². The molecule has 0 aliphatic heterocycles. The molecule has 3 aromatic rings. The first-order chi connectivity index (χ1) is 11.3. The molecule has 0 bridgehead atoms. The molecule has 1 atom stereocenters. The Kier molecular flexibility index (Phi) is 3.84. The van der Waals surface area contributed by atoms with Crippen LogP contribution in [0.25, 0.3) is 11.1 Å². The van der Waals surface area contributed by atoms with E-state index < -0.39 is 5.60 Å². The van der Waals surface area contributed by atoms with Gasteiger partial charge in [0.1, 0.15) is 5.60 Å². The predicted molar refractivity (Wildman–Crippen MR) is 86.4 cm³/mol. The van der Waals surface area contributed by atoms with E-state index in [0.29, 0.717) is 33.6 Å². The number of nitrogens with zero attached hydrogens (tertiary/aromatic N) is 4. The molecule has 0 aromatic carbocycles. The van der Waals surface area contributed by atoms with E-state index in [-0.39, 0.29) is 12.5 Å². The first kappa shape index (κ1) is 16.1. The number of hydrogen-bond donors (Lipinski definition) is 2. The maximum Gasteiger partial charge on any atom is 0.258 e. The lowest BCUT2D eigenvalue weighted by Gasteiger charge is -2.22. The third kappa shape index (κ3) is 2.88. The van der Waals surface area contributed by atoms with E-state index in [1.165, 1.54) is 0 Å². The van der Waals surface area contributed by atoms with Crippen molar-refractivity contribution < 1.29 is 14.4 Å². The lowest BCUT2D eigenvalue weighted by atomic mass is 9.99. The van der Waals surface area contributed by atoms with Gasteiger partial charge >= 0.3 is 0 Å². The van der Waals surface area contributed by atoms with E-state index in [9.17, 15) is 9.90 Å². The van der Waals surface area contributed by atoms with E-state index >= 15 is 0 Å². The van der Waals surface area contributed by atoms with Crippen molar-refractivity contribution in [2.75, 3.05) is 6.54 Å². The molecule has 0 aliphatic carbocycles. The summed E-state index contributed by atoms with van der Waals surface area (Å²) in [6.07, 6.45) is 3.29. The molecule has 0 saturated heterocycles. The molecule has 0 spiro atoms. The van der Waals surface area contributed by atoms with Gasteiger partial charge in [0, 0.05) is 24.5 Å². The van der Waals surface area contributed by atoms with Gasteiger partial charge in [-0.1, -0.05) is 5.16 Å². The SMILES string of the molecule is Cc1cc(C(=O)NCC(C)(O)c2cnn(C)c2)c2c(C)noc2n1. The standard InChI is InChI=1S/C16H19N5O3/c1-9-5-12(13-10(2)20-24-15(13)19-9)14(22)17-8-16(3,23)11-6-18-21(4)7-11/h5-7,23H,8H2,1-4H3,(H,17,22). The number of fused-ring (bicyclic) bond motifs is 1. The number of rotatable bonds is 4. The molecular weight excluding hydrogens is 310 g/mol. The van der Waals surface area contributed by atoms with Crippen LogP contribution in [-0.2, 0) is 12.6 Å². The second-order valence-electron chi connectivity index (χ2n) is 6.12. The average molecular weight is 329 g/mol. The molecule has 1 unspecified atom stereocenters. The number of carbonyl (C=O) groups is 1. The van der Waals surface area contributed by atoms with Crippen molar-refractivity contribution >= 4 is 17.0 Å². The molecule has 3 rings (SSSR count). The summed E-state index contributed by atoms with van der Waals surface area (Å²) in [6.45, 7) is 5.21. The highest BCUT2D eigenvalue weighted by atomic mass is 16.5. The lowest BCUT2D eigenvalue weighted by Crippen LogP contribution is -2.38. The van der Waals surface area contributed by atoms with E-state index in [1.54, 1.807) is 51.0 Å². The van der Waals surface area contributed by atoms with Crippen LogP contribution in [0, 0.1) is 13.8 Å². The molecule has 24 heavy (non-hydrogen) atoms. The molecule has 0 radical (unpaired) electrons. The van der Waals surface area contributed by atoms with E-state index in [1.807, 2.05) is 0 Å². The molecule has 1 amide bonds. The second-order valence-corrected chi connectivity index (χ2v) is 6.12. The maximum atomic E-state index is 12.6. The smallest absolute Gasteiger partial charge is 0.258 e. The summed E-state index contributed by atoms with van der Waals surface area (Å²) in [6, 6.07) is 1.68. The van der Waals surface area contributed by atoms with E-state index in [4.69, 9.17) is 4.52 Å². The van der Waals surface area contributed by atoms with Crippen molar-refractivity contribution in [2.24, 2.45) is 7.05 Å². The summed E-state index contributed by atoms with van der Waals surface area (Å²) in [5.41, 5.74) is 1.41. The zero-order chi connectivity index (χ0) is 17.5. The minimum absolute atomic E-state index is 0.0463. The van der Waals surface area contributed by atoms with Crippen molar-refractivity contribution in [3.63, 3.8) is 0 Å². The summed E-state index contributed by atoms with van der Waals surface area (Å²) >= 11 is 0. The molecule has 2 N–H and O–H groups in total. The molecule has 3 aromatic heterocycles. The summed E-state index contributed by atoms with van der Waals surface area (Å²) in [7, 11) is 1.77. The van der Waals surface area contributed by atoms with Gasteiger partial charge in [-0.3, -0.25) is 9.48 Å². The highest BCUT2D eigenvalue weighted by Crippen LogP contribution is 2.23. The molecule has 8 heteroatoms. The Morgan fingerprint density at radius 1 is 1.46 bits per heavy atom. The molecule has 0 saturated carbocycles. The number of aryl methyl sites for hydroxylation is 3. The van der Waals surface area contributed by atoms with Crippen LogP contribution in [0.4, 0.5) is 0 Å². The zero-order valence-electron chi connectivity index (χ0n) is 14.0. The fraction of sp³-hybridized carbons (Fsp3) is 0.375. The van der Waals surface area contributed by atoms with Crippen LogP contribution >= 0.6 is 0 Å². The Hall–Kier alpha value is -2.74. The topological polar surface area (TPSA) is 106 Å². The Morgan fingerprint density at radius 2 is 2.21 bits per heavy atom.